The number of benzene rings is 1. The van der Waals surface area contributed by atoms with Crippen LogP contribution >= 0.6 is 0 Å². The molecule has 1 saturated carbocycles. The summed E-state index contributed by atoms with van der Waals surface area (Å²) in [6.45, 7) is 5.88. The maximum absolute atomic E-state index is 13.4. The normalized spacial score (nSPS) is 16.4. The molecule has 2 rings (SSSR count). The lowest BCUT2D eigenvalue weighted by Gasteiger charge is -2.18. The summed E-state index contributed by atoms with van der Waals surface area (Å²) in [6.07, 6.45) is 4.83. The number of hydrogen-bond donors (Lipinski definition) is 1. The Kier molecular flexibility index (Phi) is 5.20. The van der Waals surface area contributed by atoms with Gasteiger partial charge in [0, 0.05) is 17.7 Å². The van der Waals surface area contributed by atoms with Crippen LogP contribution < -0.4 is 10.1 Å². The molecule has 0 amide bonds. The first-order valence-electron chi connectivity index (χ1n) is 7.36. The predicted molar refractivity (Wildman–Crippen MR) is 75.9 cm³/mol. The van der Waals surface area contributed by atoms with E-state index in [-0.39, 0.29) is 11.9 Å². The number of rotatable bonds is 8. The molecule has 1 aromatic carbocycles. The smallest absolute Gasteiger partial charge is 0.126 e. The number of nitrogens with one attached hydrogen (secondary N) is 1. The highest BCUT2D eigenvalue weighted by atomic mass is 19.1. The Labute approximate surface area is 115 Å². The van der Waals surface area contributed by atoms with Crippen LogP contribution in [0.5, 0.6) is 5.75 Å². The van der Waals surface area contributed by atoms with E-state index in [2.05, 4.69) is 19.2 Å². The summed E-state index contributed by atoms with van der Waals surface area (Å²) in [4.78, 5) is 0. The van der Waals surface area contributed by atoms with Crippen molar-refractivity contribution >= 4 is 0 Å². The van der Waals surface area contributed by atoms with Gasteiger partial charge in [-0.25, -0.2) is 4.39 Å². The second-order valence-corrected chi connectivity index (χ2v) is 5.44. The van der Waals surface area contributed by atoms with E-state index in [1.807, 2.05) is 6.07 Å². The molecular formula is C16H24FNO. The van der Waals surface area contributed by atoms with Crippen LogP contribution in [-0.2, 0) is 0 Å². The van der Waals surface area contributed by atoms with Crippen molar-refractivity contribution in [3.05, 3.63) is 29.6 Å². The Morgan fingerprint density at radius 1 is 1.42 bits per heavy atom. The number of hydrogen-bond acceptors (Lipinski definition) is 2. The summed E-state index contributed by atoms with van der Waals surface area (Å²) in [5.41, 5.74) is 1.05. The van der Waals surface area contributed by atoms with Crippen molar-refractivity contribution < 1.29 is 9.13 Å². The summed E-state index contributed by atoms with van der Waals surface area (Å²) in [5.74, 6) is 1.30. The monoisotopic (exact) mass is 265 g/mol. The van der Waals surface area contributed by atoms with Gasteiger partial charge in [0.1, 0.15) is 11.6 Å². The van der Waals surface area contributed by atoms with Gasteiger partial charge in [-0.1, -0.05) is 25.8 Å². The van der Waals surface area contributed by atoms with E-state index >= 15 is 0 Å². The first-order valence-corrected chi connectivity index (χ1v) is 7.36. The SMILES string of the molecule is CCCNC(C)c1ccc(F)cc1OCCC1CC1. The molecule has 1 atom stereocenters. The number of ether oxygens (including phenoxy) is 1. The first kappa shape index (κ1) is 14.3. The van der Waals surface area contributed by atoms with Gasteiger partial charge in [0.25, 0.3) is 0 Å². The molecule has 1 aliphatic rings. The van der Waals surface area contributed by atoms with E-state index < -0.39 is 0 Å². The molecule has 106 valence electrons. The predicted octanol–water partition coefficient (Wildman–Crippen LogP) is 4.07. The lowest BCUT2D eigenvalue weighted by molar-refractivity contribution is 0.295. The van der Waals surface area contributed by atoms with Crippen molar-refractivity contribution in [1.29, 1.82) is 0 Å². The summed E-state index contributed by atoms with van der Waals surface area (Å²) in [7, 11) is 0. The van der Waals surface area contributed by atoms with Gasteiger partial charge in [0.2, 0.25) is 0 Å². The average molecular weight is 265 g/mol. The molecule has 0 spiro atoms. The zero-order valence-corrected chi connectivity index (χ0v) is 11.9. The van der Waals surface area contributed by atoms with E-state index in [1.54, 1.807) is 0 Å². The molecule has 0 saturated heterocycles. The maximum atomic E-state index is 13.4. The fourth-order valence-electron chi connectivity index (χ4n) is 2.20. The summed E-state index contributed by atoms with van der Waals surface area (Å²) in [5, 5.41) is 3.42. The van der Waals surface area contributed by atoms with Crippen molar-refractivity contribution in [3.8, 4) is 5.75 Å². The quantitative estimate of drug-likeness (QED) is 0.765. The maximum Gasteiger partial charge on any atom is 0.126 e. The van der Waals surface area contributed by atoms with Crippen LogP contribution in [0.3, 0.4) is 0 Å². The van der Waals surface area contributed by atoms with E-state index in [9.17, 15) is 4.39 Å². The highest BCUT2D eigenvalue weighted by molar-refractivity contribution is 5.36. The molecule has 0 heterocycles. The van der Waals surface area contributed by atoms with Crippen molar-refractivity contribution in [3.63, 3.8) is 0 Å². The van der Waals surface area contributed by atoms with Crippen LogP contribution in [0.25, 0.3) is 0 Å². The van der Waals surface area contributed by atoms with Crippen molar-refractivity contribution in [2.75, 3.05) is 13.2 Å². The van der Waals surface area contributed by atoms with Crippen LogP contribution in [0, 0.1) is 11.7 Å². The van der Waals surface area contributed by atoms with Crippen LogP contribution in [-0.4, -0.2) is 13.2 Å². The molecule has 1 unspecified atom stereocenters. The average Bonchev–Trinajstić information content (AvgIpc) is 3.20. The van der Waals surface area contributed by atoms with Crippen molar-refractivity contribution in [2.45, 2.75) is 45.6 Å². The molecule has 0 bridgehead atoms. The fraction of sp³-hybridized carbons (Fsp3) is 0.625. The molecular weight excluding hydrogens is 241 g/mol. The fourth-order valence-corrected chi connectivity index (χ4v) is 2.20. The van der Waals surface area contributed by atoms with Crippen molar-refractivity contribution in [2.24, 2.45) is 5.92 Å². The lowest BCUT2D eigenvalue weighted by Crippen LogP contribution is -2.20. The highest BCUT2D eigenvalue weighted by Gasteiger charge is 2.21. The summed E-state index contributed by atoms with van der Waals surface area (Å²) >= 11 is 0. The minimum atomic E-state index is -0.229. The molecule has 19 heavy (non-hydrogen) atoms. The van der Waals surface area contributed by atoms with Gasteiger partial charge in [0.05, 0.1) is 6.61 Å². The molecule has 1 aromatic rings. The molecule has 1 N–H and O–H groups in total. The van der Waals surface area contributed by atoms with Crippen LogP contribution in [0.2, 0.25) is 0 Å². The Morgan fingerprint density at radius 2 is 2.21 bits per heavy atom. The van der Waals surface area contributed by atoms with Gasteiger partial charge in [-0.2, -0.15) is 0 Å². The molecule has 2 nitrogen and oxygen atoms in total. The molecule has 1 fully saturated rings. The lowest BCUT2D eigenvalue weighted by atomic mass is 10.1. The largest absolute Gasteiger partial charge is 0.493 e. The van der Waals surface area contributed by atoms with E-state index in [0.717, 1.165) is 30.9 Å². The Balaban J connectivity index is 1.98. The van der Waals surface area contributed by atoms with Crippen LogP contribution in [0.15, 0.2) is 18.2 Å². The van der Waals surface area contributed by atoms with Gasteiger partial charge < -0.3 is 10.1 Å². The van der Waals surface area contributed by atoms with E-state index in [1.165, 1.54) is 25.0 Å². The Hall–Kier alpha value is -1.09. The molecule has 0 aromatic heterocycles. The van der Waals surface area contributed by atoms with Crippen molar-refractivity contribution in [1.82, 2.24) is 5.32 Å². The second kappa shape index (κ2) is 6.90. The zero-order chi connectivity index (χ0) is 13.7. The third kappa shape index (κ3) is 4.50. The van der Waals surface area contributed by atoms with Gasteiger partial charge in [-0.3, -0.25) is 0 Å². The minimum absolute atomic E-state index is 0.191. The summed E-state index contributed by atoms with van der Waals surface area (Å²) < 4.78 is 19.2. The molecule has 0 radical (unpaired) electrons. The van der Waals surface area contributed by atoms with Gasteiger partial charge in [-0.05, 0) is 38.3 Å². The minimum Gasteiger partial charge on any atom is -0.493 e. The third-order valence-corrected chi connectivity index (χ3v) is 3.62. The van der Waals surface area contributed by atoms with E-state index in [0.29, 0.717) is 12.4 Å². The first-order chi connectivity index (χ1) is 9.20. The standard InChI is InChI=1S/C16H24FNO/c1-3-9-18-12(2)15-7-6-14(17)11-16(15)19-10-8-13-4-5-13/h6-7,11-13,18H,3-5,8-10H2,1-2H3. The molecule has 1 aliphatic carbocycles. The molecule has 3 heteroatoms. The Morgan fingerprint density at radius 3 is 2.89 bits per heavy atom. The van der Waals surface area contributed by atoms with E-state index in [4.69, 9.17) is 4.74 Å². The van der Waals surface area contributed by atoms with Gasteiger partial charge in [-0.15, -0.1) is 0 Å². The topological polar surface area (TPSA) is 21.3 Å². The highest BCUT2D eigenvalue weighted by Crippen LogP contribution is 2.33. The second-order valence-electron chi connectivity index (χ2n) is 5.44. The third-order valence-electron chi connectivity index (χ3n) is 3.62. The Bertz CT molecular complexity index is 404. The van der Waals surface area contributed by atoms with Gasteiger partial charge >= 0.3 is 0 Å². The van der Waals surface area contributed by atoms with Gasteiger partial charge in [0.15, 0.2) is 0 Å². The van der Waals surface area contributed by atoms with Crippen LogP contribution in [0.1, 0.15) is 51.1 Å². The zero-order valence-electron chi connectivity index (χ0n) is 11.9. The summed E-state index contributed by atoms with van der Waals surface area (Å²) in [6, 6.07) is 5.03. The molecule has 0 aliphatic heterocycles. The van der Waals surface area contributed by atoms with Crippen LogP contribution in [0.4, 0.5) is 4.39 Å². The number of halogens is 1.